The lowest BCUT2D eigenvalue weighted by molar-refractivity contribution is -0.152. The summed E-state index contributed by atoms with van der Waals surface area (Å²) in [5.74, 6) is -1.80. The molecule has 21 heteroatoms. The summed E-state index contributed by atoms with van der Waals surface area (Å²) in [4.78, 5) is 58.1. The van der Waals surface area contributed by atoms with Crippen LogP contribution in [0.4, 0.5) is 8.78 Å². The first-order valence-corrected chi connectivity index (χ1v) is 26.5. The number of nitrogens with zero attached hydrogens (tertiary/aromatic N) is 4. The van der Waals surface area contributed by atoms with Gasteiger partial charge in [0.1, 0.15) is 40.8 Å². The molecule has 388 valence electrons. The van der Waals surface area contributed by atoms with Crippen LogP contribution >= 0.6 is 11.6 Å². The average molecular weight is 1070 g/mol. The number of rotatable bonds is 14. The van der Waals surface area contributed by atoms with Gasteiger partial charge in [0.15, 0.2) is 19.7 Å². The standard InChI is InChI=1S/C26H27FN2O6S.C15H19NO6S.C11H9ClFN/c1-17-11-19(22-5-4-6-23(27)25(22)28-17)13-35-20-7-9-21(10-8-20)36(32,33)16-26(12-24(31)34-3)14-29(15-26)18(2)30;1-11(17)16-8-15(9-16,7-14(19)22-2)10-23(20,21)13-5-3-12(18)4-6-13;1-7-5-8(6-12)9-3-2-4-10(13)11(9)14-7/h4-11H,12-16H2,1-3H3;3-6,18H,7-10H2,1-2H3;2-5H,6H2,1H3. The molecule has 0 radical (unpaired) electrons. The first-order chi connectivity index (χ1) is 34.4. The molecule has 16 nitrogen and oxygen atoms in total. The molecular weight excluding hydrogens is 1010 g/mol. The minimum Gasteiger partial charge on any atom is -0.508 e. The van der Waals surface area contributed by atoms with E-state index in [1.165, 1.54) is 86.4 Å². The van der Waals surface area contributed by atoms with Crippen LogP contribution in [0.25, 0.3) is 21.8 Å². The number of hydrogen-bond acceptors (Lipinski definition) is 14. The summed E-state index contributed by atoms with van der Waals surface area (Å²) in [5.41, 5.74) is 2.09. The maximum atomic E-state index is 14.2. The summed E-state index contributed by atoms with van der Waals surface area (Å²) in [6, 6.07) is 24.6. The van der Waals surface area contributed by atoms with E-state index < -0.39 is 48.3 Å². The molecule has 1 N–H and O–H groups in total. The number of aromatic hydroxyl groups is 1. The molecule has 73 heavy (non-hydrogen) atoms. The van der Waals surface area contributed by atoms with Crippen LogP contribution in [-0.2, 0) is 60.8 Å². The van der Waals surface area contributed by atoms with Crippen molar-refractivity contribution in [3.8, 4) is 11.5 Å². The molecular formula is C52H55ClF2N4O12S2. The van der Waals surface area contributed by atoms with E-state index in [-0.39, 0.29) is 95.8 Å². The number of benzene rings is 4. The van der Waals surface area contributed by atoms with Crippen LogP contribution in [0.1, 0.15) is 49.2 Å². The molecule has 2 fully saturated rings. The van der Waals surface area contributed by atoms with Crippen LogP contribution < -0.4 is 4.74 Å². The minimum atomic E-state index is -3.76. The molecule has 0 atom stereocenters. The predicted molar refractivity (Wildman–Crippen MR) is 268 cm³/mol. The highest BCUT2D eigenvalue weighted by Gasteiger charge is 2.50. The fourth-order valence-electron chi connectivity index (χ4n) is 8.85. The summed E-state index contributed by atoms with van der Waals surface area (Å²) >= 11 is 5.78. The summed E-state index contributed by atoms with van der Waals surface area (Å²) < 4.78 is 94.2. The van der Waals surface area contributed by atoms with E-state index in [1.54, 1.807) is 37.3 Å². The number of hydrogen-bond donors (Lipinski definition) is 1. The minimum absolute atomic E-state index is 0.0281. The van der Waals surface area contributed by atoms with Gasteiger partial charge in [0.25, 0.3) is 0 Å². The number of sulfone groups is 2. The van der Waals surface area contributed by atoms with Gasteiger partial charge < -0.3 is 29.1 Å². The zero-order valence-corrected chi connectivity index (χ0v) is 43.4. The quantitative estimate of drug-likeness (QED) is 0.0829. The van der Waals surface area contributed by atoms with Crippen LogP contribution in [0.5, 0.6) is 11.5 Å². The molecule has 2 aliphatic rings. The van der Waals surface area contributed by atoms with Gasteiger partial charge in [0.05, 0.1) is 48.4 Å². The van der Waals surface area contributed by atoms with Gasteiger partial charge in [-0.3, -0.25) is 29.1 Å². The first-order valence-electron chi connectivity index (χ1n) is 22.7. The van der Waals surface area contributed by atoms with Crippen LogP contribution in [0, 0.1) is 36.3 Å². The number of aromatic nitrogens is 2. The van der Waals surface area contributed by atoms with Crippen molar-refractivity contribution in [1.29, 1.82) is 0 Å². The van der Waals surface area contributed by atoms with Crippen molar-refractivity contribution in [2.24, 2.45) is 10.8 Å². The molecule has 0 aliphatic carbocycles. The van der Waals surface area contributed by atoms with Crippen molar-refractivity contribution < 1.29 is 64.1 Å². The van der Waals surface area contributed by atoms with Crippen molar-refractivity contribution in [3.05, 3.63) is 131 Å². The topological polar surface area (TPSA) is 217 Å². The lowest BCUT2D eigenvalue weighted by Gasteiger charge is -2.49. The number of methoxy groups -OCH3 is 2. The van der Waals surface area contributed by atoms with Crippen molar-refractivity contribution in [3.63, 3.8) is 0 Å². The largest absolute Gasteiger partial charge is 0.508 e. The van der Waals surface area contributed by atoms with Crippen molar-refractivity contribution in [1.82, 2.24) is 19.8 Å². The van der Waals surface area contributed by atoms with Crippen LogP contribution in [-0.4, -0.2) is 117 Å². The van der Waals surface area contributed by atoms with Crippen LogP contribution in [0.15, 0.2) is 107 Å². The van der Waals surface area contributed by atoms with Crippen LogP contribution in [0.3, 0.4) is 0 Å². The predicted octanol–water partition coefficient (Wildman–Crippen LogP) is 7.45. The Morgan fingerprint density at radius 1 is 0.644 bits per heavy atom. The second-order valence-electron chi connectivity index (χ2n) is 18.3. The Kier molecular flexibility index (Phi) is 17.5. The first kappa shape index (κ1) is 55.5. The zero-order valence-electron chi connectivity index (χ0n) is 41.0. The average Bonchev–Trinajstić information content (AvgIpc) is 3.32. The third-order valence-electron chi connectivity index (χ3n) is 12.4. The van der Waals surface area contributed by atoms with Gasteiger partial charge >= 0.3 is 11.9 Å². The fourth-order valence-corrected chi connectivity index (χ4v) is 12.7. The molecule has 8 rings (SSSR count). The molecule has 4 heterocycles. The lowest BCUT2D eigenvalue weighted by Crippen LogP contribution is -2.61. The molecule has 0 bridgehead atoms. The lowest BCUT2D eigenvalue weighted by atomic mass is 9.78. The number of likely N-dealkylation sites (tertiary alicyclic amines) is 2. The van der Waals surface area contributed by atoms with Gasteiger partial charge in [-0.15, -0.1) is 11.6 Å². The van der Waals surface area contributed by atoms with E-state index >= 15 is 0 Å². The monoisotopic (exact) mass is 1060 g/mol. The number of phenols is 1. The van der Waals surface area contributed by atoms with Gasteiger partial charge in [0, 0.05) is 84.5 Å². The number of carbonyl (C=O) groups is 4. The van der Waals surface area contributed by atoms with E-state index in [4.69, 9.17) is 21.1 Å². The Hall–Kier alpha value is -6.77. The number of carbonyl (C=O) groups excluding carboxylic acids is 4. The molecule has 2 aromatic heterocycles. The SMILES string of the molecule is COC(=O)CC1(CS(=O)(=O)c2ccc(O)cc2)CN(C(C)=O)C1.COC(=O)CC1(CS(=O)(=O)c2ccc(OCc3cc(C)nc4c(F)cccc34)cc2)CN(C(C)=O)C1.Cc1cc(CCl)c2cccc(F)c2n1. The molecule has 6 aromatic rings. The van der Waals surface area contributed by atoms with E-state index in [0.29, 0.717) is 28.2 Å². The van der Waals surface area contributed by atoms with E-state index in [1.807, 2.05) is 25.1 Å². The molecule has 4 aromatic carbocycles. The number of esters is 2. The van der Waals surface area contributed by atoms with Crippen LogP contribution in [0.2, 0.25) is 0 Å². The molecule has 2 saturated heterocycles. The van der Waals surface area contributed by atoms with Crippen molar-refractivity contribution in [2.75, 3.05) is 51.9 Å². The Morgan fingerprint density at radius 3 is 1.44 bits per heavy atom. The maximum absolute atomic E-state index is 14.2. The molecule has 0 saturated carbocycles. The van der Waals surface area contributed by atoms with Gasteiger partial charge in [0.2, 0.25) is 11.8 Å². The number of amides is 2. The van der Waals surface area contributed by atoms with E-state index in [9.17, 15) is 49.9 Å². The van der Waals surface area contributed by atoms with Crippen molar-refractivity contribution in [2.45, 2.75) is 62.8 Å². The number of pyridine rings is 2. The summed E-state index contributed by atoms with van der Waals surface area (Å²) in [7, 11) is -4.92. The molecule has 2 aliphatic heterocycles. The number of phenolic OH excluding ortho intramolecular Hbond substituents is 1. The zero-order chi connectivity index (χ0) is 53.5. The van der Waals surface area contributed by atoms with Gasteiger partial charge in [-0.25, -0.2) is 25.6 Å². The highest BCUT2D eigenvalue weighted by Crippen LogP contribution is 2.39. The number of para-hydroxylation sites is 2. The molecule has 0 unspecified atom stereocenters. The Balaban J connectivity index is 0.000000199. The second kappa shape index (κ2) is 23.0. The highest BCUT2D eigenvalue weighted by atomic mass is 35.5. The van der Waals surface area contributed by atoms with Crippen molar-refractivity contribution >= 4 is 76.8 Å². The number of halogens is 3. The summed E-state index contributed by atoms with van der Waals surface area (Å²) in [6.07, 6.45) is -0.155. The fraction of sp³-hybridized carbons (Fsp3) is 0.346. The van der Waals surface area contributed by atoms with Gasteiger partial charge in [-0.05, 0) is 92.2 Å². The highest BCUT2D eigenvalue weighted by molar-refractivity contribution is 7.91. The van der Waals surface area contributed by atoms with E-state index in [2.05, 4.69) is 14.7 Å². The number of aryl methyl sites for hydroxylation is 2. The Morgan fingerprint density at radius 2 is 1.04 bits per heavy atom. The van der Waals surface area contributed by atoms with Gasteiger partial charge in [-0.1, -0.05) is 24.3 Å². The Labute approximate surface area is 427 Å². The molecule has 2 amide bonds. The second-order valence-corrected chi connectivity index (χ2v) is 22.5. The Bertz CT molecular complexity index is 3260. The maximum Gasteiger partial charge on any atom is 0.306 e. The smallest absolute Gasteiger partial charge is 0.306 e. The number of alkyl halides is 1. The number of ether oxygens (including phenoxy) is 3. The third-order valence-corrected chi connectivity index (χ3v) is 16.7. The summed E-state index contributed by atoms with van der Waals surface area (Å²) in [5, 5.41) is 10.7. The number of fused-ring (bicyclic) bond motifs is 2. The van der Waals surface area contributed by atoms with Gasteiger partial charge in [-0.2, -0.15) is 0 Å². The normalized spacial score (nSPS) is 14.6. The summed E-state index contributed by atoms with van der Waals surface area (Å²) in [6.45, 7) is 7.33. The molecule has 0 spiro atoms. The van der Waals surface area contributed by atoms with E-state index in [0.717, 1.165) is 22.2 Å². The third kappa shape index (κ3) is 13.6.